The Morgan fingerprint density at radius 2 is 2.11 bits per heavy atom. The molecule has 1 aliphatic carbocycles. The van der Waals surface area contributed by atoms with Crippen molar-refractivity contribution in [2.75, 3.05) is 0 Å². The van der Waals surface area contributed by atoms with Crippen LogP contribution in [0.5, 0.6) is 0 Å². The van der Waals surface area contributed by atoms with Gasteiger partial charge >= 0.3 is 0 Å². The summed E-state index contributed by atoms with van der Waals surface area (Å²) in [5.74, 6) is 0.908. The fourth-order valence-corrected chi connectivity index (χ4v) is 2.81. The minimum Gasteiger partial charge on any atom is -0.456 e. The molecule has 0 spiro atoms. The third kappa shape index (κ3) is 2.97. The Morgan fingerprint density at radius 3 is 2.63 bits per heavy atom. The van der Waals surface area contributed by atoms with Crippen molar-refractivity contribution in [2.45, 2.75) is 51.0 Å². The molecule has 1 saturated carbocycles. The second-order valence-corrected chi connectivity index (χ2v) is 5.52. The van der Waals surface area contributed by atoms with Crippen molar-refractivity contribution in [1.29, 1.82) is 0 Å². The maximum atomic E-state index is 12.2. The Morgan fingerprint density at radius 1 is 1.42 bits per heavy atom. The van der Waals surface area contributed by atoms with Crippen LogP contribution in [0.25, 0.3) is 0 Å². The van der Waals surface area contributed by atoms with Gasteiger partial charge in [0.05, 0.1) is 10.5 Å². The molecule has 0 bridgehead atoms. The molecular weight excluding hydrogens is 260 g/mol. The van der Waals surface area contributed by atoms with Gasteiger partial charge in [0.1, 0.15) is 5.76 Å². The number of carbonyl (C=O) groups excluding carboxylic acids is 1. The lowest BCUT2D eigenvalue weighted by Gasteiger charge is -2.36. The zero-order valence-electron chi connectivity index (χ0n) is 11.2. The molecule has 0 unspecified atom stereocenters. The van der Waals surface area contributed by atoms with Crippen LogP contribution in [-0.2, 0) is 6.42 Å². The van der Waals surface area contributed by atoms with Crippen LogP contribution < -0.4 is 11.1 Å². The molecule has 0 aliphatic heterocycles. The monoisotopic (exact) mass is 280 g/mol. The van der Waals surface area contributed by atoms with Crippen molar-refractivity contribution in [3.63, 3.8) is 0 Å². The van der Waals surface area contributed by atoms with Crippen LogP contribution in [0.1, 0.15) is 55.3 Å². The van der Waals surface area contributed by atoms with E-state index in [1.165, 1.54) is 6.42 Å². The van der Waals surface area contributed by atoms with Gasteiger partial charge in [0, 0.05) is 6.42 Å². The molecule has 1 aliphatic rings. The minimum absolute atomic E-state index is 0.227. The van der Waals surface area contributed by atoms with Gasteiger partial charge in [0.2, 0.25) is 0 Å². The second kappa shape index (κ2) is 5.74. The molecule has 1 heterocycles. The van der Waals surface area contributed by atoms with Crippen molar-refractivity contribution in [1.82, 2.24) is 5.32 Å². The quantitative estimate of drug-likeness (QED) is 0.832. The van der Waals surface area contributed by atoms with E-state index in [1.807, 2.05) is 13.0 Å². The molecule has 3 N–H and O–H groups in total. The van der Waals surface area contributed by atoms with E-state index in [2.05, 4.69) is 5.32 Å². The van der Waals surface area contributed by atoms with Crippen LogP contribution in [0, 0.1) is 0 Å². The largest absolute Gasteiger partial charge is 0.456 e. The highest BCUT2D eigenvalue weighted by Gasteiger charge is 2.37. The number of nitrogens with two attached hydrogens (primary N) is 1. The summed E-state index contributed by atoms with van der Waals surface area (Å²) in [6.07, 6.45) is 5.64. The van der Waals surface area contributed by atoms with E-state index >= 15 is 0 Å². The zero-order chi connectivity index (χ0) is 13.9. The van der Waals surface area contributed by atoms with E-state index in [9.17, 15) is 4.79 Å². The average molecular weight is 280 g/mol. The number of rotatable bonds is 4. The fourth-order valence-electron chi connectivity index (χ4n) is 2.56. The Labute approximate surface area is 118 Å². The first-order chi connectivity index (χ1) is 9.07. The van der Waals surface area contributed by atoms with Gasteiger partial charge in [0.15, 0.2) is 5.76 Å². The predicted molar refractivity (Wildman–Crippen MR) is 78.2 cm³/mol. The molecule has 1 fully saturated rings. The van der Waals surface area contributed by atoms with E-state index < -0.39 is 5.54 Å². The molecule has 19 heavy (non-hydrogen) atoms. The summed E-state index contributed by atoms with van der Waals surface area (Å²) in [6.45, 7) is 1.98. The highest BCUT2D eigenvalue weighted by molar-refractivity contribution is 7.80. The second-order valence-electron chi connectivity index (χ2n) is 5.08. The first kappa shape index (κ1) is 14.1. The van der Waals surface area contributed by atoms with Crippen LogP contribution in [0.2, 0.25) is 0 Å². The number of amides is 1. The van der Waals surface area contributed by atoms with E-state index in [0.717, 1.165) is 37.9 Å². The fraction of sp³-hybridized carbons (Fsp3) is 0.571. The molecule has 0 atom stereocenters. The molecule has 5 heteroatoms. The van der Waals surface area contributed by atoms with E-state index in [-0.39, 0.29) is 5.91 Å². The summed E-state index contributed by atoms with van der Waals surface area (Å²) in [5, 5.41) is 2.99. The maximum Gasteiger partial charge on any atom is 0.287 e. The topological polar surface area (TPSA) is 68.3 Å². The lowest BCUT2D eigenvalue weighted by molar-refractivity contribution is 0.0878. The Kier molecular flexibility index (Phi) is 4.24. The number of furan rings is 1. The number of aryl methyl sites for hydroxylation is 1. The van der Waals surface area contributed by atoms with Gasteiger partial charge < -0.3 is 15.5 Å². The molecule has 4 nitrogen and oxygen atoms in total. The van der Waals surface area contributed by atoms with E-state index in [0.29, 0.717) is 10.7 Å². The van der Waals surface area contributed by atoms with Crippen LogP contribution in [0.4, 0.5) is 0 Å². The van der Waals surface area contributed by atoms with Crippen molar-refractivity contribution in [3.8, 4) is 0 Å². The normalized spacial score (nSPS) is 17.9. The molecule has 0 radical (unpaired) electrons. The SMILES string of the molecule is CCc1ccc(C(=O)NC2(C(N)=S)CCCCC2)o1. The smallest absolute Gasteiger partial charge is 0.287 e. The molecule has 104 valence electrons. The van der Waals surface area contributed by atoms with Gasteiger partial charge in [-0.25, -0.2) is 0 Å². The summed E-state index contributed by atoms with van der Waals surface area (Å²) in [4.78, 5) is 12.6. The maximum absolute atomic E-state index is 12.2. The third-order valence-electron chi connectivity index (χ3n) is 3.77. The molecular formula is C14H20N2O2S. The van der Waals surface area contributed by atoms with Crippen molar-refractivity contribution < 1.29 is 9.21 Å². The highest BCUT2D eigenvalue weighted by Crippen LogP contribution is 2.29. The number of hydrogen-bond donors (Lipinski definition) is 2. The first-order valence-electron chi connectivity index (χ1n) is 6.78. The van der Waals surface area contributed by atoms with Crippen LogP contribution >= 0.6 is 12.2 Å². The molecule has 1 aromatic heterocycles. The summed E-state index contributed by atoms with van der Waals surface area (Å²) in [6, 6.07) is 3.52. The summed E-state index contributed by atoms with van der Waals surface area (Å²) in [7, 11) is 0. The van der Waals surface area contributed by atoms with Crippen molar-refractivity contribution >= 4 is 23.1 Å². The number of thiocarbonyl (C=S) groups is 1. The van der Waals surface area contributed by atoms with Crippen molar-refractivity contribution in [2.24, 2.45) is 5.73 Å². The van der Waals surface area contributed by atoms with E-state index in [1.54, 1.807) is 6.07 Å². The van der Waals surface area contributed by atoms with Gasteiger partial charge in [-0.05, 0) is 25.0 Å². The number of hydrogen-bond acceptors (Lipinski definition) is 3. The average Bonchev–Trinajstić information content (AvgIpc) is 2.88. The van der Waals surface area contributed by atoms with Gasteiger partial charge in [0.25, 0.3) is 5.91 Å². The third-order valence-corrected chi connectivity index (χ3v) is 4.16. The van der Waals surface area contributed by atoms with Crippen LogP contribution in [0.3, 0.4) is 0 Å². The molecule has 0 saturated heterocycles. The standard InChI is InChI=1S/C14H20N2O2S/c1-2-10-6-7-11(18-10)12(17)16-14(13(15)19)8-4-3-5-9-14/h6-7H,2-5,8-9H2,1H3,(H2,15,19)(H,16,17). The zero-order valence-corrected chi connectivity index (χ0v) is 12.0. The van der Waals surface area contributed by atoms with Gasteiger partial charge in [-0.2, -0.15) is 0 Å². The predicted octanol–water partition coefficient (Wildman–Crippen LogP) is 2.56. The lowest BCUT2D eigenvalue weighted by Crippen LogP contribution is -2.57. The van der Waals surface area contributed by atoms with Gasteiger partial charge in [-0.1, -0.05) is 38.4 Å². The van der Waals surface area contributed by atoms with Crippen LogP contribution in [-0.4, -0.2) is 16.4 Å². The van der Waals surface area contributed by atoms with Crippen molar-refractivity contribution in [3.05, 3.63) is 23.7 Å². The van der Waals surface area contributed by atoms with Gasteiger partial charge in [-0.3, -0.25) is 4.79 Å². The molecule has 0 aromatic carbocycles. The molecule has 1 aromatic rings. The number of carbonyl (C=O) groups is 1. The Hall–Kier alpha value is -1.36. The lowest BCUT2D eigenvalue weighted by atomic mass is 9.81. The van der Waals surface area contributed by atoms with Gasteiger partial charge in [-0.15, -0.1) is 0 Å². The number of nitrogens with one attached hydrogen (secondary N) is 1. The Bertz CT molecular complexity index is 476. The highest BCUT2D eigenvalue weighted by atomic mass is 32.1. The molecule has 2 rings (SSSR count). The molecule has 1 amide bonds. The minimum atomic E-state index is -0.538. The summed E-state index contributed by atoms with van der Waals surface area (Å²) in [5.41, 5.74) is 5.31. The Balaban J connectivity index is 2.12. The van der Waals surface area contributed by atoms with E-state index in [4.69, 9.17) is 22.4 Å². The van der Waals surface area contributed by atoms with Crippen LogP contribution in [0.15, 0.2) is 16.5 Å². The first-order valence-corrected chi connectivity index (χ1v) is 7.19. The summed E-state index contributed by atoms with van der Waals surface area (Å²) >= 11 is 5.16. The summed E-state index contributed by atoms with van der Waals surface area (Å²) < 4.78 is 5.46.